The monoisotopic (exact) mass is 210 g/mol. The summed E-state index contributed by atoms with van der Waals surface area (Å²) in [7, 11) is 0. The van der Waals surface area contributed by atoms with Crippen LogP contribution in [0.3, 0.4) is 0 Å². The zero-order valence-electron chi connectivity index (χ0n) is 9.81. The Labute approximate surface area is 92.0 Å². The van der Waals surface area contributed by atoms with E-state index in [1.807, 2.05) is 13.8 Å². The van der Waals surface area contributed by atoms with E-state index in [9.17, 15) is 4.79 Å². The Morgan fingerprint density at radius 2 is 2.20 bits per heavy atom. The Kier molecular flexibility index (Phi) is 3.01. The summed E-state index contributed by atoms with van der Waals surface area (Å²) in [5, 5.41) is 6.49. The molecule has 0 aromatic rings. The van der Waals surface area contributed by atoms with Crippen molar-refractivity contribution < 1.29 is 4.79 Å². The van der Waals surface area contributed by atoms with Gasteiger partial charge >= 0.3 is 0 Å². The van der Waals surface area contributed by atoms with Gasteiger partial charge in [-0.15, -0.1) is 0 Å². The molecular formula is C12H22N2O. The normalized spacial score (nSPS) is 28.9. The molecule has 0 bridgehead atoms. The molecule has 86 valence electrons. The highest BCUT2D eigenvalue weighted by Gasteiger charge is 2.55. The van der Waals surface area contributed by atoms with E-state index >= 15 is 0 Å². The van der Waals surface area contributed by atoms with Crippen molar-refractivity contribution in [1.82, 2.24) is 10.6 Å². The van der Waals surface area contributed by atoms with E-state index in [1.165, 1.54) is 12.8 Å². The maximum Gasteiger partial charge on any atom is 0.226 e. The first-order valence-corrected chi connectivity index (χ1v) is 6.17. The highest BCUT2D eigenvalue weighted by atomic mass is 16.2. The van der Waals surface area contributed by atoms with E-state index in [-0.39, 0.29) is 11.5 Å². The minimum atomic E-state index is -0.00229. The maximum absolute atomic E-state index is 12.1. The minimum absolute atomic E-state index is 0.00229. The number of nitrogens with one attached hydrogen (secondary N) is 2. The summed E-state index contributed by atoms with van der Waals surface area (Å²) in [5.74, 6) is 0.871. The number of hydrogen-bond acceptors (Lipinski definition) is 2. The Morgan fingerprint density at radius 1 is 1.47 bits per heavy atom. The molecule has 3 nitrogen and oxygen atoms in total. The highest BCUT2D eigenvalue weighted by Crippen LogP contribution is 2.54. The minimum Gasteiger partial charge on any atom is -0.353 e. The molecule has 2 N–H and O–H groups in total. The highest BCUT2D eigenvalue weighted by molar-refractivity contribution is 5.85. The maximum atomic E-state index is 12.1. The largest absolute Gasteiger partial charge is 0.353 e. The van der Waals surface area contributed by atoms with Gasteiger partial charge in [0.25, 0.3) is 0 Å². The third-order valence-corrected chi connectivity index (χ3v) is 3.74. The average Bonchev–Trinajstić information content (AvgIpc) is 2.99. The fourth-order valence-electron chi connectivity index (χ4n) is 2.68. The van der Waals surface area contributed by atoms with Gasteiger partial charge in [0, 0.05) is 6.04 Å². The van der Waals surface area contributed by atoms with Crippen LogP contribution in [0.4, 0.5) is 0 Å². The van der Waals surface area contributed by atoms with Crippen molar-refractivity contribution in [3.05, 3.63) is 0 Å². The van der Waals surface area contributed by atoms with E-state index in [2.05, 4.69) is 10.6 Å². The number of amides is 1. The van der Waals surface area contributed by atoms with Crippen molar-refractivity contribution in [2.24, 2.45) is 11.3 Å². The van der Waals surface area contributed by atoms with Crippen LogP contribution in [-0.2, 0) is 4.79 Å². The van der Waals surface area contributed by atoms with Gasteiger partial charge in [0.1, 0.15) is 0 Å². The number of carbonyl (C=O) groups is 1. The summed E-state index contributed by atoms with van der Waals surface area (Å²) in [6, 6.07) is 0.270. The fourth-order valence-corrected chi connectivity index (χ4v) is 2.68. The van der Waals surface area contributed by atoms with Crippen LogP contribution in [0.25, 0.3) is 0 Å². The molecule has 1 unspecified atom stereocenters. The number of piperidine rings is 1. The lowest BCUT2D eigenvalue weighted by atomic mass is 9.82. The van der Waals surface area contributed by atoms with Gasteiger partial charge in [0.2, 0.25) is 5.91 Å². The summed E-state index contributed by atoms with van der Waals surface area (Å²) in [4.78, 5) is 12.1. The van der Waals surface area contributed by atoms with E-state index in [4.69, 9.17) is 0 Å². The lowest BCUT2D eigenvalue weighted by Gasteiger charge is -2.30. The zero-order chi connectivity index (χ0) is 10.9. The average molecular weight is 210 g/mol. The fraction of sp³-hybridized carbons (Fsp3) is 0.917. The molecule has 0 aromatic carbocycles. The predicted molar refractivity (Wildman–Crippen MR) is 60.5 cm³/mol. The van der Waals surface area contributed by atoms with Gasteiger partial charge in [0.05, 0.1) is 5.41 Å². The molecule has 2 fully saturated rings. The third-order valence-electron chi connectivity index (χ3n) is 3.74. The van der Waals surface area contributed by atoms with E-state index in [0.29, 0.717) is 11.8 Å². The second kappa shape index (κ2) is 4.12. The first-order chi connectivity index (χ1) is 7.15. The van der Waals surface area contributed by atoms with Crippen LogP contribution < -0.4 is 10.6 Å². The molecule has 1 aliphatic heterocycles. The lowest BCUT2D eigenvalue weighted by molar-refractivity contribution is -0.129. The molecule has 0 aromatic heterocycles. The third kappa shape index (κ3) is 2.17. The SMILES string of the molecule is CC(C)NC(=O)C1(C2CCCNC2)CC1. The molecule has 1 aliphatic carbocycles. The smallest absolute Gasteiger partial charge is 0.226 e. The second-order valence-corrected chi connectivity index (χ2v) is 5.33. The molecule has 2 aliphatic rings. The van der Waals surface area contributed by atoms with Gasteiger partial charge in [-0.2, -0.15) is 0 Å². The zero-order valence-corrected chi connectivity index (χ0v) is 9.81. The topological polar surface area (TPSA) is 41.1 Å². The van der Waals surface area contributed by atoms with Crippen LogP contribution in [0.1, 0.15) is 39.5 Å². The Balaban J connectivity index is 1.96. The molecular weight excluding hydrogens is 188 g/mol. The molecule has 1 atom stereocenters. The predicted octanol–water partition coefficient (Wildman–Crippen LogP) is 1.29. The van der Waals surface area contributed by atoms with Crippen LogP contribution in [0.2, 0.25) is 0 Å². The van der Waals surface area contributed by atoms with Crippen molar-refractivity contribution in [2.75, 3.05) is 13.1 Å². The first kappa shape index (κ1) is 10.9. The summed E-state index contributed by atoms with van der Waals surface area (Å²) < 4.78 is 0. The van der Waals surface area contributed by atoms with Gasteiger partial charge in [-0.1, -0.05) is 0 Å². The summed E-state index contributed by atoms with van der Waals surface area (Å²) in [6.45, 7) is 6.23. The van der Waals surface area contributed by atoms with Crippen LogP contribution in [0.15, 0.2) is 0 Å². The molecule has 1 heterocycles. The quantitative estimate of drug-likeness (QED) is 0.737. The second-order valence-electron chi connectivity index (χ2n) is 5.33. The number of rotatable bonds is 3. The lowest BCUT2D eigenvalue weighted by Crippen LogP contribution is -2.44. The Morgan fingerprint density at radius 3 is 2.67 bits per heavy atom. The van der Waals surface area contributed by atoms with E-state index in [1.54, 1.807) is 0 Å². The van der Waals surface area contributed by atoms with Crippen LogP contribution in [0.5, 0.6) is 0 Å². The number of hydrogen-bond donors (Lipinski definition) is 2. The Bertz CT molecular complexity index is 240. The molecule has 1 saturated carbocycles. The van der Waals surface area contributed by atoms with E-state index < -0.39 is 0 Å². The van der Waals surface area contributed by atoms with Crippen LogP contribution >= 0.6 is 0 Å². The van der Waals surface area contributed by atoms with Crippen molar-refractivity contribution in [3.63, 3.8) is 0 Å². The van der Waals surface area contributed by atoms with Crippen molar-refractivity contribution in [3.8, 4) is 0 Å². The van der Waals surface area contributed by atoms with Crippen LogP contribution in [-0.4, -0.2) is 25.0 Å². The molecule has 1 amide bonds. The summed E-state index contributed by atoms with van der Waals surface area (Å²) in [6.07, 6.45) is 4.63. The van der Waals surface area contributed by atoms with E-state index in [0.717, 1.165) is 25.9 Å². The standard InChI is InChI=1S/C12H22N2O/c1-9(2)14-11(15)12(5-6-12)10-4-3-7-13-8-10/h9-10,13H,3-8H2,1-2H3,(H,14,15). The van der Waals surface area contributed by atoms with Crippen molar-refractivity contribution in [2.45, 2.75) is 45.6 Å². The summed E-state index contributed by atoms with van der Waals surface area (Å²) >= 11 is 0. The molecule has 3 heteroatoms. The molecule has 0 radical (unpaired) electrons. The van der Waals surface area contributed by atoms with Gasteiger partial charge in [-0.3, -0.25) is 4.79 Å². The molecule has 0 spiro atoms. The Hall–Kier alpha value is -0.570. The van der Waals surface area contributed by atoms with Gasteiger partial charge in [-0.25, -0.2) is 0 Å². The molecule has 2 rings (SSSR count). The van der Waals surface area contributed by atoms with Crippen molar-refractivity contribution in [1.29, 1.82) is 0 Å². The summed E-state index contributed by atoms with van der Waals surface area (Å²) in [5.41, 5.74) is -0.00229. The van der Waals surface area contributed by atoms with Crippen molar-refractivity contribution >= 4 is 5.91 Å². The molecule has 15 heavy (non-hydrogen) atoms. The van der Waals surface area contributed by atoms with Gasteiger partial charge in [0.15, 0.2) is 0 Å². The number of carbonyl (C=O) groups excluding carboxylic acids is 1. The van der Waals surface area contributed by atoms with Crippen LogP contribution in [0, 0.1) is 11.3 Å². The van der Waals surface area contributed by atoms with Gasteiger partial charge < -0.3 is 10.6 Å². The first-order valence-electron chi connectivity index (χ1n) is 6.17. The molecule has 1 saturated heterocycles. The van der Waals surface area contributed by atoms with Gasteiger partial charge in [-0.05, 0) is 58.5 Å².